The van der Waals surface area contributed by atoms with E-state index in [9.17, 15) is 9.46 Å². The molecule has 0 fully saturated rings. The fourth-order valence-corrected chi connectivity index (χ4v) is 3.69. The van der Waals surface area contributed by atoms with Gasteiger partial charge in [0.15, 0.2) is 0 Å². The van der Waals surface area contributed by atoms with Crippen molar-refractivity contribution in [2.75, 3.05) is 12.5 Å². The molecule has 0 saturated carbocycles. The van der Waals surface area contributed by atoms with Gasteiger partial charge in [-0.25, -0.2) is 0 Å². The zero-order valence-electron chi connectivity index (χ0n) is 5.99. The molecule has 7 heteroatoms. The first-order chi connectivity index (χ1) is 4.04. The van der Waals surface area contributed by atoms with Gasteiger partial charge in [-0.05, 0) is 12.5 Å². The molecule has 2 nitrogen and oxygen atoms in total. The molecule has 0 aliphatic carbocycles. The molecule has 0 aromatic rings. The summed E-state index contributed by atoms with van der Waals surface area (Å²) in [7, 11) is 0. The van der Waals surface area contributed by atoms with Crippen LogP contribution in [0.2, 0.25) is 0 Å². The van der Waals surface area contributed by atoms with Crippen LogP contribution in [0.25, 0.3) is 0 Å². The van der Waals surface area contributed by atoms with E-state index >= 15 is 0 Å². The molecule has 1 unspecified atom stereocenters. The summed E-state index contributed by atoms with van der Waals surface area (Å²) in [5.41, 5.74) is 0. The van der Waals surface area contributed by atoms with E-state index in [0.29, 0.717) is 0 Å². The largest absolute Gasteiger partial charge is 1.00 e. The summed E-state index contributed by atoms with van der Waals surface area (Å²) in [5, 5.41) is 0. The Labute approximate surface area is 96.4 Å². The SMILES string of the molecule is CSC(=S)P(=O)([O-])SC.[Na+]. The van der Waals surface area contributed by atoms with Crippen LogP contribution in [0.4, 0.5) is 0 Å². The molecular formula is C3H6NaO2PS3. The summed E-state index contributed by atoms with van der Waals surface area (Å²) in [6.07, 6.45) is 3.17. The van der Waals surface area contributed by atoms with Gasteiger partial charge in [-0.2, -0.15) is 0 Å². The van der Waals surface area contributed by atoms with E-state index < -0.39 is 6.57 Å². The maximum atomic E-state index is 10.8. The maximum absolute atomic E-state index is 10.8. The molecule has 0 aliphatic rings. The Morgan fingerprint density at radius 1 is 1.60 bits per heavy atom. The van der Waals surface area contributed by atoms with Crippen molar-refractivity contribution < 1.29 is 39.0 Å². The fraction of sp³-hybridized carbons (Fsp3) is 0.667. The Hall–Kier alpha value is 1.98. The van der Waals surface area contributed by atoms with E-state index in [4.69, 9.17) is 0 Å². The molecule has 0 N–H and O–H groups in total. The molecule has 0 radical (unpaired) electrons. The summed E-state index contributed by atoms with van der Waals surface area (Å²) in [5.74, 6) is 0. The topological polar surface area (TPSA) is 40.1 Å². The monoisotopic (exact) mass is 224 g/mol. The summed E-state index contributed by atoms with van der Waals surface area (Å²) in [6.45, 7) is -3.40. The van der Waals surface area contributed by atoms with Crippen molar-refractivity contribution in [1.29, 1.82) is 0 Å². The van der Waals surface area contributed by atoms with Gasteiger partial charge in [0, 0.05) is 0 Å². The van der Waals surface area contributed by atoms with Crippen LogP contribution in [-0.2, 0) is 4.57 Å². The first-order valence-corrected chi connectivity index (χ1v) is 7.08. The first kappa shape index (κ1) is 14.5. The second-order valence-electron chi connectivity index (χ2n) is 1.15. The summed E-state index contributed by atoms with van der Waals surface area (Å²) in [4.78, 5) is 10.8. The zero-order valence-corrected chi connectivity index (χ0v) is 11.3. The Morgan fingerprint density at radius 3 is 2.10 bits per heavy atom. The van der Waals surface area contributed by atoms with Gasteiger partial charge in [0.1, 0.15) is 10.5 Å². The van der Waals surface area contributed by atoms with Crippen LogP contribution in [0, 0.1) is 0 Å². The van der Waals surface area contributed by atoms with E-state index in [1.807, 2.05) is 0 Å². The average Bonchev–Trinajstić information content (AvgIpc) is 1.86. The van der Waals surface area contributed by atoms with Gasteiger partial charge >= 0.3 is 29.6 Å². The first-order valence-electron chi connectivity index (χ1n) is 2.00. The minimum Gasteiger partial charge on any atom is -0.787 e. The quantitative estimate of drug-likeness (QED) is 0.326. The zero-order chi connectivity index (χ0) is 7.49. The molecule has 0 aliphatic heterocycles. The van der Waals surface area contributed by atoms with E-state index in [1.54, 1.807) is 6.26 Å². The van der Waals surface area contributed by atoms with Gasteiger partial charge in [0.25, 0.3) is 0 Å². The van der Waals surface area contributed by atoms with E-state index in [1.165, 1.54) is 6.26 Å². The number of rotatable bonds is 2. The standard InChI is InChI=1S/C3H7O2PS3.Na/c1-8-3(7)6(4,5)9-2;/h1-2H3,(H,4,5);/q;+1/p-1. The molecule has 0 aromatic carbocycles. The average molecular weight is 224 g/mol. The van der Waals surface area contributed by atoms with Crippen LogP contribution in [0.1, 0.15) is 0 Å². The van der Waals surface area contributed by atoms with Crippen LogP contribution in [-0.4, -0.2) is 16.4 Å². The van der Waals surface area contributed by atoms with Gasteiger partial charge in [-0.1, -0.05) is 12.2 Å². The molecular weight excluding hydrogens is 218 g/mol. The third kappa shape index (κ3) is 4.78. The number of thiocarbonyl (C=S) groups is 1. The Bertz CT molecular complexity index is 162. The molecule has 1 atom stereocenters. The summed E-state index contributed by atoms with van der Waals surface area (Å²) >= 11 is 6.45. The van der Waals surface area contributed by atoms with Gasteiger partial charge in [-0.3, -0.25) is 0 Å². The molecule has 0 rings (SSSR count). The molecule has 0 heterocycles. The number of hydrogen-bond donors (Lipinski definition) is 0. The molecule has 10 heavy (non-hydrogen) atoms. The predicted octanol–water partition coefficient (Wildman–Crippen LogP) is -1.45. The van der Waals surface area contributed by atoms with Gasteiger partial charge in [0.2, 0.25) is 0 Å². The maximum Gasteiger partial charge on any atom is 1.00 e. The van der Waals surface area contributed by atoms with Crippen molar-refractivity contribution in [3.63, 3.8) is 0 Å². The molecule has 0 saturated heterocycles. The second-order valence-corrected chi connectivity index (χ2v) is 7.58. The summed E-state index contributed by atoms with van der Waals surface area (Å²) in [6, 6.07) is 0. The van der Waals surface area contributed by atoms with Crippen molar-refractivity contribution in [3.05, 3.63) is 0 Å². The summed E-state index contributed by atoms with van der Waals surface area (Å²) < 4.78 is 10.8. The van der Waals surface area contributed by atoms with Crippen molar-refractivity contribution in [2.45, 2.75) is 0 Å². The van der Waals surface area contributed by atoms with Crippen molar-refractivity contribution in [3.8, 4) is 0 Å². The van der Waals surface area contributed by atoms with E-state index in [-0.39, 0.29) is 33.5 Å². The van der Waals surface area contributed by atoms with Crippen molar-refractivity contribution in [1.82, 2.24) is 0 Å². The van der Waals surface area contributed by atoms with Gasteiger partial charge < -0.3 is 9.46 Å². The van der Waals surface area contributed by atoms with Crippen LogP contribution < -0.4 is 34.5 Å². The van der Waals surface area contributed by atoms with E-state index in [2.05, 4.69) is 12.2 Å². The minimum absolute atomic E-state index is 0. The van der Waals surface area contributed by atoms with Crippen molar-refractivity contribution in [2.24, 2.45) is 0 Å². The third-order valence-electron chi connectivity index (χ3n) is 0.639. The van der Waals surface area contributed by atoms with Crippen LogP contribution >= 0.6 is 41.9 Å². The molecule has 54 valence electrons. The molecule has 0 spiro atoms. The van der Waals surface area contributed by atoms with Crippen LogP contribution in [0.15, 0.2) is 0 Å². The number of thioether (sulfide) groups is 1. The van der Waals surface area contributed by atoms with Gasteiger partial charge in [-0.15, -0.1) is 23.1 Å². The minimum atomic E-state index is -3.40. The Balaban J connectivity index is 0. The molecule has 0 bridgehead atoms. The molecule has 0 aromatic heterocycles. The fourth-order valence-electron chi connectivity index (χ4n) is 0.186. The smallest absolute Gasteiger partial charge is 0.787 e. The van der Waals surface area contributed by atoms with E-state index in [0.717, 1.165) is 23.1 Å². The predicted molar refractivity (Wildman–Crippen MR) is 47.2 cm³/mol. The third-order valence-corrected chi connectivity index (χ3v) is 7.09. The molecule has 0 amide bonds. The number of hydrogen-bond acceptors (Lipinski definition) is 5. The van der Waals surface area contributed by atoms with Crippen LogP contribution in [0.5, 0.6) is 0 Å². The van der Waals surface area contributed by atoms with Gasteiger partial charge in [0.05, 0.1) is 0 Å². The Morgan fingerprint density at radius 2 is 2.00 bits per heavy atom. The Kier molecular flexibility index (Phi) is 9.41. The van der Waals surface area contributed by atoms with Crippen LogP contribution in [0.3, 0.4) is 0 Å². The normalized spacial score (nSPS) is 15.1. The second kappa shape index (κ2) is 6.49. The van der Waals surface area contributed by atoms with Crippen molar-refractivity contribution >= 4 is 45.9 Å².